The molecule has 1 fully saturated rings. The number of nitrogens with zero attached hydrogens (tertiary/aromatic N) is 4. The molecule has 0 saturated heterocycles. The van der Waals surface area contributed by atoms with E-state index in [1.807, 2.05) is 48.7 Å². The molecule has 1 aromatic carbocycles. The number of hydrogen-bond acceptors (Lipinski definition) is 8. The van der Waals surface area contributed by atoms with Crippen molar-refractivity contribution in [2.24, 2.45) is 10.9 Å². The molecule has 1 aliphatic heterocycles. The molecule has 0 bridgehead atoms. The van der Waals surface area contributed by atoms with Crippen LogP contribution in [0.1, 0.15) is 12.0 Å². The molecule has 1 amide bonds. The molecule has 3 heterocycles. The van der Waals surface area contributed by atoms with Crippen LogP contribution in [0.25, 0.3) is 5.69 Å². The van der Waals surface area contributed by atoms with Crippen LogP contribution in [0.4, 0.5) is 5.69 Å². The molecule has 5 rings (SSSR count). The van der Waals surface area contributed by atoms with E-state index in [0.29, 0.717) is 11.7 Å². The monoisotopic (exact) mass is 464 g/mol. The summed E-state index contributed by atoms with van der Waals surface area (Å²) in [6.07, 6.45) is 5.16. The largest absolute Gasteiger partial charge is 0.390 e. The Hall–Kier alpha value is -3.21. The van der Waals surface area contributed by atoms with E-state index in [2.05, 4.69) is 25.7 Å². The number of benzene rings is 1. The zero-order chi connectivity index (χ0) is 22.8. The van der Waals surface area contributed by atoms with Gasteiger partial charge in [-0.25, -0.2) is 4.68 Å². The van der Waals surface area contributed by atoms with E-state index >= 15 is 0 Å². The fraction of sp³-hybridized carbons (Fsp3) is 0.304. The van der Waals surface area contributed by atoms with Gasteiger partial charge in [-0.3, -0.25) is 14.8 Å². The fourth-order valence-corrected chi connectivity index (χ4v) is 5.55. The molecule has 0 radical (unpaired) electrons. The van der Waals surface area contributed by atoms with E-state index in [1.165, 1.54) is 11.8 Å². The second-order valence-corrected chi connectivity index (χ2v) is 9.28. The number of amidine groups is 1. The van der Waals surface area contributed by atoms with Crippen molar-refractivity contribution >= 4 is 28.5 Å². The average molecular weight is 465 g/mol. The number of thioether (sulfide) groups is 1. The molecule has 170 valence electrons. The van der Waals surface area contributed by atoms with E-state index in [4.69, 9.17) is 0 Å². The van der Waals surface area contributed by atoms with Crippen molar-refractivity contribution in [1.29, 1.82) is 0 Å². The highest BCUT2D eigenvalue weighted by atomic mass is 32.2. The van der Waals surface area contributed by atoms with E-state index in [0.717, 1.165) is 16.9 Å². The quantitative estimate of drug-likeness (QED) is 0.452. The zero-order valence-electron chi connectivity index (χ0n) is 17.7. The first kappa shape index (κ1) is 21.6. The van der Waals surface area contributed by atoms with Crippen molar-refractivity contribution in [2.45, 2.75) is 36.5 Å². The number of hydrogen-bond donors (Lipinski definition) is 4. The summed E-state index contributed by atoms with van der Waals surface area (Å²) in [5.41, 5.74) is 2.67. The molecule has 33 heavy (non-hydrogen) atoms. The average Bonchev–Trinajstić information content (AvgIpc) is 3.52. The first-order valence-electron chi connectivity index (χ1n) is 10.7. The summed E-state index contributed by atoms with van der Waals surface area (Å²) >= 11 is 1.43. The first-order chi connectivity index (χ1) is 16.1. The number of anilines is 1. The summed E-state index contributed by atoms with van der Waals surface area (Å²) in [5, 5.41) is 31.7. The molecule has 3 aromatic rings. The Morgan fingerprint density at radius 3 is 2.73 bits per heavy atom. The van der Waals surface area contributed by atoms with E-state index in [9.17, 15) is 15.0 Å². The van der Waals surface area contributed by atoms with Crippen molar-refractivity contribution in [3.8, 4) is 5.69 Å². The highest BCUT2D eigenvalue weighted by molar-refractivity contribution is 8.15. The number of fused-ring (bicyclic) bond motifs is 1. The standard InChI is InChI=1S/C23H24N6O3S/c30-18-11-17(22(32)25-13-14-3-1-8-24-12-14)21-19(20(18)31)28-23(33-21)27-15-4-6-16(7-5-15)29-10-2-9-26-29/h1-10,12,17-21,30-31H,11,13H2,(H,25,32)(H,27,28)/t17-,18+,19-,20-,21+/m0/s1. The number of carbonyl (C=O) groups excluding carboxylic acids is 1. The van der Waals surface area contributed by atoms with Gasteiger partial charge in [-0.1, -0.05) is 17.8 Å². The SMILES string of the molecule is O=C(NCc1cccnc1)[C@H]1C[C@@H](O)[C@H](O)[C@@H]2N=C(Nc3ccc(-n4cccn4)cc3)S[C@@H]21. The minimum absolute atomic E-state index is 0.160. The number of aromatic nitrogens is 3. The third-order valence-electron chi connectivity index (χ3n) is 5.90. The second-order valence-electron chi connectivity index (χ2n) is 8.11. The lowest BCUT2D eigenvalue weighted by Gasteiger charge is -2.37. The predicted molar refractivity (Wildman–Crippen MR) is 126 cm³/mol. The van der Waals surface area contributed by atoms with Gasteiger partial charge in [0.05, 0.1) is 23.8 Å². The van der Waals surface area contributed by atoms with Crippen LogP contribution in [0.2, 0.25) is 0 Å². The van der Waals surface area contributed by atoms with Crippen LogP contribution in [0.5, 0.6) is 0 Å². The number of aliphatic imine (C=N–C) groups is 1. The van der Waals surface area contributed by atoms with Crippen LogP contribution >= 0.6 is 11.8 Å². The molecule has 2 aromatic heterocycles. The maximum atomic E-state index is 13.0. The number of nitrogens with one attached hydrogen (secondary N) is 2. The number of amides is 1. The highest BCUT2D eigenvalue weighted by Crippen LogP contribution is 2.41. The third-order valence-corrected chi connectivity index (χ3v) is 7.21. The second kappa shape index (κ2) is 9.34. The van der Waals surface area contributed by atoms with Crippen LogP contribution in [-0.4, -0.2) is 59.6 Å². The minimum atomic E-state index is -1.01. The van der Waals surface area contributed by atoms with Crippen molar-refractivity contribution in [2.75, 3.05) is 5.32 Å². The molecule has 2 aliphatic rings. The number of rotatable bonds is 5. The lowest BCUT2D eigenvalue weighted by molar-refractivity contribution is -0.129. The maximum Gasteiger partial charge on any atom is 0.224 e. The Balaban J connectivity index is 1.26. The summed E-state index contributed by atoms with van der Waals surface area (Å²) in [5.74, 6) is -0.632. The molecule has 9 nitrogen and oxygen atoms in total. The van der Waals surface area contributed by atoms with Crippen LogP contribution in [-0.2, 0) is 11.3 Å². The summed E-state index contributed by atoms with van der Waals surface area (Å²) in [6, 6.07) is 12.7. The Bertz CT molecular complexity index is 1120. The number of carbonyl (C=O) groups is 1. The molecule has 0 spiro atoms. The van der Waals surface area contributed by atoms with Gasteiger partial charge in [0.25, 0.3) is 0 Å². The van der Waals surface area contributed by atoms with Gasteiger partial charge in [-0.2, -0.15) is 5.10 Å². The Kier molecular flexibility index (Phi) is 6.12. The summed E-state index contributed by atoms with van der Waals surface area (Å²) < 4.78 is 1.77. The zero-order valence-corrected chi connectivity index (χ0v) is 18.5. The topological polar surface area (TPSA) is 125 Å². The summed E-state index contributed by atoms with van der Waals surface area (Å²) in [6.45, 7) is 0.360. The molecular weight excluding hydrogens is 440 g/mol. The summed E-state index contributed by atoms with van der Waals surface area (Å²) in [4.78, 5) is 21.6. The van der Waals surface area contributed by atoms with Crippen LogP contribution in [0.15, 0.2) is 72.2 Å². The molecule has 5 atom stereocenters. The van der Waals surface area contributed by atoms with Gasteiger partial charge in [0, 0.05) is 42.3 Å². The van der Waals surface area contributed by atoms with Gasteiger partial charge in [0.1, 0.15) is 6.10 Å². The minimum Gasteiger partial charge on any atom is -0.390 e. The molecule has 1 saturated carbocycles. The van der Waals surface area contributed by atoms with Gasteiger partial charge >= 0.3 is 0 Å². The van der Waals surface area contributed by atoms with Gasteiger partial charge in [-0.05, 0) is 48.4 Å². The normalized spacial score (nSPS) is 26.4. The van der Waals surface area contributed by atoms with Gasteiger partial charge in [0.2, 0.25) is 5.91 Å². The number of aliphatic hydroxyl groups excluding tert-OH is 2. The van der Waals surface area contributed by atoms with Crippen molar-refractivity contribution in [1.82, 2.24) is 20.1 Å². The fourth-order valence-electron chi connectivity index (χ4n) is 4.17. The van der Waals surface area contributed by atoms with Crippen molar-refractivity contribution in [3.63, 3.8) is 0 Å². The first-order valence-corrected chi connectivity index (χ1v) is 11.6. The lowest BCUT2D eigenvalue weighted by Crippen LogP contribution is -2.53. The molecule has 4 N–H and O–H groups in total. The third kappa shape index (κ3) is 4.63. The maximum absolute atomic E-state index is 13.0. The van der Waals surface area contributed by atoms with Crippen LogP contribution < -0.4 is 10.6 Å². The van der Waals surface area contributed by atoms with Crippen molar-refractivity contribution in [3.05, 3.63) is 72.8 Å². The van der Waals surface area contributed by atoms with Gasteiger partial charge < -0.3 is 20.8 Å². The Morgan fingerprint density at radius 2 is 2.00 bits per heavy atom. The summed E-state index contributed by atoms with van der Waals surface area (Å²) in [7, 11) is 0. The van der Waals surface area contributed by atoms with Crippen LogP contribution in [0, 0.1) is 5.92 Å². The predicted octanol–water partition coefficient (Wildman–Crippen LogP) is 1.58. The van der Waals surface area contributed by atoms with E-state index in [-0.39, 0.29) is 17.6 Å². The smallest absolute Gasteiger partial charge is 0.224 e. The van der Waals surface area contributed by atoms with Gasteiger partial charge in [0.15, 0.2) is 5.17 Å². The number of aliphatic hydroxyl groups is 2. The van der Waals surface area contributed by atoms with E-state index in [1.54, 1.807) is 23.3 Å². The highest BCUT2D eigenvalue weighted by Gasteiger charge is 2.50. The Morgan fingerprint density at radius 1 is 1.15 bits per heavy atom. The molecular formula is C23H24N6O3S. The Labute approximate surface area is 195 Å². The van der Waals surface area contributed by atoms with E-state index < -0.39 is 24.2 Å². The molecule has 10 heteroatoms. The molecule has 0 unspecified atom stereocenters. The lowest BCUT2D eigenvalue weighted by atomic mass is 9.81. The molecule has 1 aliphatic carbocycles. The van der Waals surface area contributed by atoms with Gasteiger partial charge in [-0.15, -0.1) is 0 Å². The van der Waals surface area contributed by atoms with Crippen molar-refractivity contribution < 1.29 is 15.0 Å². The van der Waals surface area contributed by atoms with Crippen LogP contribution in [0.3, 0.4) is 0 Å². The number of pyridine rings is 1.